The standard InChI is InChI=1S/C32H44N2O6/c1-22-19-33(21-25-12-11-24(16-28(25)38-6)17-30(35)40-32(2,3)4)31(36)34(20-22)26-13-14-27(37-5)29(18-26)39-15-7-8-23-9-10-23/h11-14,16,18,22-23H,7-10,15,17,19-21H2,1-6H3. The Kier molecular flexibility index (Phi) is 9.48. The number of nitrogens with zero attached hydrogens (tertiary/aromatic N) is 2. The molecule has 1 aliphatic heterocycles. The molecule has 1 heterocycles. The smallest absolute Gasteiger partial charge is 0.324 e. The van der Waals surface area contributed by atoms with Crippen molar-refractivity contribution >= 4 is 17.7 Å². The Morgan fingerprint density at radius 1 is 0.975 bits per heavy atom. The third kappa shape index (κ3) is 8.05. The molecular weight excluding hydrogens is 508 g/mol. The number of amides is 2. The van der Waals surface area contributed by atoms with Crippen molar-refractivity contribution in [3.05, 3.63) is 47.5 Å². The number of urea groups is 1. The number of ether oxygens (including phenoxy) is 4. The average Bonchev–Trinajstić information content (AvgIpc) is 3.72. The second-order valence-electron chi connectivity index (χ2n) is 12.1. The summed E-state index contributed by atoms with van der Waals surface area (Å²) in [5, 5.41) is 0. The Labute approximate surface area is 238 Å². The van der Waals surface area contributed by atoms with Crippen molar-refractivity contribution in [2.24, 2.45) is 11.8 Å². The first kappa shape index (κ1) is 29.6. The zero-order chi connectivity index (χ0) is 28.9. The molecule has 0 radical (unpaired) electrons. The number of methoxy groups -OCH3 is 2. The maximum atomic E-state index is 13.7. The lowest BCUT2D eigenvalue weighted by Crippen LogP contribution is -2.52. The second kappa shape index (κ2) is 12.8. The summed E-state index contributed by atoms with van der Waals surface area (Å²) in [6.07, 6.45) is 5.05. The van der Waals surface area contributed by atoms with Crippen LogP contribution in [0.25, 0.3) is 0 Å². The summed E-state index contributed by atoms with van der Waals surface area (Å²) in [5.74, 6) is 2.82. The number of hydrogen-bond acceptors (Lipinski definition) is 6. The van der Waals surface area contributed by atoms with Crippen molar-refractivity contribution in [2.45, 2.75) is 71.9 Å². The van der Waals surface area contributed by atoms with Crippen molar-refractivity contribution in [3.8, 4) is 17.2 Å². The van der Waals surface area contributed by atoms with E-state index in [9.17, 15) is 9.59 Å². The van der Waals surface area contributed by atoms with Gasteiger partial charge < -0.3 is 23.8 Å². The van der Waals surface area contributed by atoms with E-state index in [1.54, 1.807) is 14.2 Å². The van der Waals surface area contributed by atoms with Gasteiger partial charge in [-0.15, -0.1) is 0 Å². The van der Waals surface area contributed by atoms with Crippen LogP contribution in [0, 0.1) is 11.8 Å². The molecule has 218 valence electrons. The van der Waals surface area contributed by atoms with E-state index in [4.69, 9.17) is 18.9 Å². The molecule has 1 saturated heterocycles. The largest absolute Gasteiger partial charge is 0.496 e. The van der Waals surface area contributed by atoms with Crippen LogP contribution in [-0.2, 0) is 22.5 Å². The van der Waals surface area contributed by atoms with Crippen molar-refractivity contribution in [1.82, 2.24) is 4.90 Å². The van der Waals surface area contributed by atoms with E-state index in [1.807, 2.05) is 67.0 Å². The lowest BCUT2D eigenvalue weighted by Gasteiger charge is -2.39. The zero-order valence-corrected chi connectivity index (χ0v) is 24.8. The minimum absolute atomic E-state index is 0.0668. The monoisotopic (exact) mass is 552 g/mol. The quantitative estimate of drug-likeness (QED) is 0.229. The van der Waals surface area contributed by atoms with Gasteiger partial charge in [0, 0.05) is 30.4 Å². The molecule has 1 atom stereocenters. The highest BCUT2D eigenvalue weighted by Crippen LogP contribution is 2.36. The van der Waals surface area contributed by atoms with Crippen LogP contribution in [0.5, 0.6) is 17.2 Å². The summed E-state index contributed by atoms with van der Waals surface area (Å²) in [6, 6.07) is 11.3. The lowest BCUT2D eigenvalue weighted by molar-refractivity contribution is -0.153. The molecule has 0 aromatic heterocycles. The van der Waals surface area contributed by atoms with Gasteiger partial charge in [0.1, 0.15) is 11.4 Å². The fourth-order valence-corrected chi connectivity index (χ4v) is 5.11. The summed E-state index contributed by atoms with van der Waals surface area (Å²) < 4.78 is 22.7. The number of anilines is 1. The Bertz CT molecular complexity index is 1190. The van der Waals surface area contributed by atoms with Gasteiger partial charge in [-0.05, 0) is 69.2 Å². The molecule has 0 bridgehead atoms. The number of esters is 1. The third-order valence-corrected chi connectivity index (χ3v) is 7.18. The predicted molar refractivity (Wildman–Crippen MR) is 155 cm³/mol. The topological polar surface area (TPSA) is 77.5 Å². The normalized spacial score (nSPS) is 17.6. The number of hydrogen-bond donors (Lipinski definition) is 0. The fourth-order valence-electron chi connectivity index (χ4n) is 5.11. The molecule has 1 aliphatic carbocycles. The van der Waals surface area contributed by atoms with Crippen LogP contribution in [-0.4, -0.2) is 56.4 Å². The molecule has 4 rings (SSSR count). The van der Waals surface area contributed by atoms with Crippen LogP contribution in [0.2, 0.25) is 0 Å². The number of rotatable bonds is 12. The highest BCUT2D eigenvalue weighted by molar-refractivity contribution is 5.93. The summed E-state index contributed by atoms with van der Waals surface area (Å²) >= 11 is 0. The van der Waals surface area contributed by atoms with E-state index in [2.05, 4.69) is 6.92 Å². The van der Waals surface area contributed by atoms with Gasteiger partial charge in [0.15, 0.2) is 11.5 Å². The fraction of sp³-hybridized carbons (Fsp3) is 0.562. The molecule has 1 unspecified atom stereocenters. The van der Waals surface area contributed by atoms with E-state index in [1.165, 1.54) is 19.3 Å². The highest BCUT2D eigenvalue weighted by Gasteiger charge is 2.32. The van der Waals surface area contributed by atoms with Gasteiger partial charge in [-0.2, -0.15) is 0 Å². The first-order valence-electron chi connectivity index (χ1n) is 14.3. The number of benzene rings is 2. The van der Waals surface area contributed by atoms with Gasteiger partial charge in [0.05, 0.1) is 33.8 Å². The van der Waals surface area contributed by atoms with E-state index in [-0.39, 0.29) is 24.3 Å². The average molecular weight is 553 g/mol. The Hall–Kier alpha value is -3.42. The van der Waals surface area contributed by atoms with Gasteiger partial charge in [-0.3, -0.25) is 9.69 Å². The first-order chi connectivity index (χ1) is 19.1. The minimum Gasteiger partial charge on any atom is -0.496 e. The van der Waals surface area contributed by atoms with Gasteiger partial charge in [-0.1, -0.05) is 31.9 Å². The SMILES string of the molecule is COc1cc(CC(=O)OC(C)(C)C)ccc1CN1CC(C)CN(c2ccc(OC)c(OCCCC3CC3)c2)C1=O. The molecule has 2 aliphatic rings. The molecule has 2 fully saturated rings. The maximum absolute atomic E-state index is 13.7. The second-order valence-corrected chi connectivity index (χ2v) is 12.1. The van der Waals surface area contributed by atoms with E-state index < -0.39 is 5.60 Å². The van der Waals surface area contributed by atoms with Gasteiger partial charge in [0.2, 0.25) is 0 Å². The summed E-state index contributed by atoms with van der Waals surface area (Å²) in [5.41, 5.74) is 1.94. The third-order valence-electron chi connectivity index (χ3n) is 7.18. The van der Waals surface area contributed by atoms with Crippen LogP contribution in [0.15, 0.2) is 36.4 Å². The summed E-state index contributed by atoms with van der Waals surface area (Å²) in [4.78, 5) is 29.7. The van der Waals surface area contributed by atoms with Crippen LogP contribution >= 0.6 is 0 Å². The van der Waals surface area contributed by atoms with Crippen molar-refractivity contribution in [1.29, 1.82) is 0 Å². The molecule has 2 aromatic carbocycles. The minimum atomic E-state index is -0.537. The Morgan fingerprint density at radius 2 is 1.73 bits per heavy atom. The molecule has 2 aromatic rings. The van der Waals surface area contributed by atoms with Crippen molar-refractivity contribution in [3.63, 3.8) is 0 Å². The van der Waals surface area contributed by atoms with Gasteiger partial charge in [-0.25, -0.2) is 4.79 Å². The first-order valence-corrected chi connectivity index (χ1v) is 14.3. The van der Waals surface area contributed by atoms with Crippen LogP contribution in [0.3, 0.4) is 0 Å². The van der Waals surface area contributed by atoms with Crippen LogP contribution in [0.4, 0.5) is 10.5 Å². The lowest BCUT2D eigenvalue weighted by atomic mass is 10.0. The Balaban J connectivity index is 1.46. The van der Waals surface area contributed by atoms with E-state index in [0.29, 0.717) is 43.5 Å². The molecule has 2 amide bonds. The molecule has 40 heavy (non-hydrogen) atoms. The molecular formula is C32H44N2O6. The summed E-state index contributed by atoms with van der Waals surface area (Å²) in [7, 11) is 3.24. The van der Waals surface area contributed by atoms with Crippen LogP contribution < -0.4 is 19.1 Å². The Morgan fingerprint density at radius 3 is 2.40 bits per heavy atom. The van der Waals surface area contributed by atoms with E-state index >= 15 is 0 Å². The number of carbonyl (C=O) groups excluding carboxylic acids is 2. The van der Waals surface area contributed by atoms with E-state index in [0.717, 1.165) is 29.2 Å². The predicted octanol–water partition coefficient (Wildman–Crippen LogP) is 6.24. The molecule has 0 N–H and O–H groups in total. The molecule has 0 spiro atoms. The highest BCUT2D eigenvalue weighted by atomic mass is 16.6. The summed E-state index contributed by atoms with van der Waals surface area (Å²) in [6.45, 7) is 9.99. The van der Waals surface area contributed by atoms with Crippen LogP contribution in [0.1, 0.15) is 64.5 Å². The van der Waals surface area contributed by atoms with Crippen molar-refractivity contribution < 1.29 is 28.5 Å². The van der Waals surface area contributed by atoms with Crippen molar-refractivity contribution in [2.75, 3.05) is 38.8 Å². The van der Waals surface area contributed by atoms with Gasteiger partial charge in [0.25, 0.3) is 0 Å². The number of carbonyl (C=O) groups is 2. The maximum Gasteiger partial charge on any atom is 0.324 e. The molecule has 1 saturated carbocycles. The zero-order valence-electron chi connectivity index (χ0n) is 24.8. The van der Waals surface area contributed by atoms with Gasteiger partial charge >= 0.3 is 12.0 Å². The molecule has 8 heteroatoms. The molecule has 8 nitrogen and oxygen atoms in total.